The molecule has 0 fully saturated rings. The molecule has 9 rings (SSSR count). The predicted molar refractivity (Wildman–Crippen MR) is 205 cm³/mol. The summed E-state index contributed by atoms with van der Waals surface area (Å²) >= 11 is 0. The summed E-state index contributed by atoms with van der Waals surface area (Å²) in [7, 11) is 31.6. The lowest BCUT2D eigenvalue weighted by atomic mass is 9.60. The number of furan rings is 1. The second-order valence-corrected chi connectivity index (χ2v) is 11.9. The lowest BCUT2D eigenvalue weighted by Gasteiger charge is -2.20. The van der Waals surface area contributed by atoms with E-state index in [4.69, 9.17) is 58.6 Å². The van der Waals surface area contributed by atoms with Crippen LogP contribution in [0.1, 0.15) is 0 Å². The smallest absolute Gasteiger partial charge is 0.167 e. The quantitative estimate of drug-likeness (QED) is 0.283. The number of hydrogen-bond acceptors (Lipinski definition) is 4. The number of aromatic nitrogens is 4. The van der Waals surface area contributed by atoms with Gasteiger partial charge in [-0.05, 0) is 30.3 Å². The summed E-state index contributed by atoms with van der Waals surface area (Å²) in [5.74, 6) is 0.975. The van der Waals surface area contributed by atoms with Crippen LogP contribution in [-0.4, -0.2) is 58.8 Å². The maximum atomic E-state index is 6.67. The third-order valence-electron chi connectivity index (χ3n) is 9.15. The first-order valence-corrected chi connectivity index (χ1v) is 15.7. The normalized spacial score (nSPS) is 11.7. The van der Waals surface area contributed by atoms with Gasteiger partial charge in [0.2, 0.25) is 0 Å². The summed E-state index contributed by atoms with van der Waals surface area (Å²) in [6, 6.07) is 38.5. The molecular formula is C39H19B5N4O. The van der Waals surface area contributed by atoms with Gasteiger partial charge in [-0.15, -0.1) is 16.4 Å². The number of fused-ring (bicyclic) bond motifs is 6. The summed E-state index contributed by atoms with van der Waals surface area (Å²) in [4.78, 5) is 14.6. The lowest BCUT2D eigenvalue weighted by molar-refractivity contribution is 0.669. The first-order chi connectivity index (χ1) is 23.9. The summed E-state index contributed by atoms with van der Waals surface area (Å²) in [5, 5.41) is 4.23. The van der Waals surface area contributed by atoms with E-state index in [1.807, 2.05) is 54.6 Å². The average Bonchev–Trinajstić information content (AvgIpc) is 3.70. The largest absolute Gasteiger partial charge is 0.455 e. The van der Waals surface area contributed by atoms with Crippen molar-refractivity contribution >= 4 is 110 Å². The standard InChI is InChI=1S/C39H19B5N4O/c40-31-30(32(41)34(43)35(44)33(31)42)39-46-37(20-10-2-1-3-11-20)45-38(47-39)24-15-8-14-23-29-27(18-9-19-28(29)49-36(23)24)48-25-16-6-4-12-21(25)22-13-5-7-17-26(22)48/h1-19H. The maximum Gasteiger partial charge on any atom is 0.167 e. The highest BCUT2D eigenvalue weighted by Crippen LogP contribution is 2.41. The van der Waals surface area contributed by atoms with Crippen LogP contribution in [0.5, 0.6) is 0 Å². The van der Waals surface area contributed by atoms with E-state index in [0.717, 1.165) is 38.6 Å². The van der Waals surface area contributed by atoms with E-state index in [1.54, 1.807) is 0 Å². The Bertz CT molecular complexity index is 2710. The van der Waals surface area contributed by atoms with Crippen LogP contribution in [0.3, 0.4) is 0 Å². The monoisotopic (exact) mass is 614 g/mol. The van der Waals surface area contributed by atoms with E-state index < -0.39 is 0 Å². The molecule has 0 saturated carbocycles. The molecule has 0 aliphatic carbocycles. The number of nitrogens with zero attached hydrogens (tertiary/aromatic N) is 4. The van der Waals surface area contributed by atoms with Gasteiger partial charge in [-0.2, -0.15) is 0 Å². The molecule has 9 aromatic rings. The molecule has 0 unspecified atom stereocenters. The highest BCUT2D eigenvalue weighted by atomic mass is 16.3. The SMILES string of the molecule is [B]c1c([B])c([B])c(-c2nc(-c3ccccc3)nc(-c3cccc4c3oc3cccc(-n5c6ccccc6c6ccccc65)c34)n2)c([B])c1[B]. The molecule has 10 radical (unpaired) electrons. The fourth-order valence-electron chi connectivity index (χ4n) is 6.79. The summed E-state index contributed by atoms with van der Waals surface area (Å²) < 4.78 is 8.97. The fraction of sp³-hybridized carbons (Fsp3) is 0. The van der Waals surface area contributed by atoms with Gasteiger partial charge in [0.15, 0.2) is 17.5 Å². The third kappa shape index (κ3) is 4.43. The average molecular weight is 614 g/mol. The Morgan fingerprint density at radius 2 is 1.02 bits per heavy atom. The van der Waals surface area contributed by atoms with Crippen molar-refractivity contribution in [3.8, 4) is 39.9 Å². The van der Waals surface area contributed by atoms with Gasteiger partial charge < -0.3 is 8.98 Å². The minimum Gasteiger partial charge on any atom is -0.455 e. The Labute approximate surface area is 288 Å². The van der Waals surface area contributed by atoms with Crippen LogP contribution < -0.4 is 27.3 Å². The molecule has 49 heavy (non-hydrogen) atoms. The number of rotatable bonds is 4. The highest BCUT2D eigenvalue weighted by Gasteiger charge is 2.22. The van der Waals surface area contributed by atoms with Crippen LogP contribution in [0.25, 0.3) is 83.6 Å². The van der Waals surface area contributed by atoms with E-state index in [2.05, 4.69) is 65.2 Å². The van der Waals surface area contributed by atoms with E-state index >= 15 is 0 Å². The van der Waals surface area contributed by atoms with Crippen molar-refractivity contribution in [3.63, 3.8) is 0 Å². The zero-order chi connectivity index (χ0) is 33.4. The van der Waals surface area contributed by atoms with Crippen LogP contribution in [0, 0.1) is 0 Å². The van der Waals surface area contributed by atoms with Gasteiger partial charge in [-0.1, -0.05) is 95.9 Å². The predicted octanol–water partition coefficient (Wildman–Crippen LogP) is 3.84. The van der Waals surface area contributed by atoms with Gasteiger partial charge in [0.05, 0.1) is 27.7 Å². The second-order valence-electron chi connectivity index (χ2n) is 11.9. The minimum atomic E-state index is 0.113. The minimum absolute atomic E-state index is 0.113. The molecule has 0 aliphatic rings. The van der Waals surface area contributed by atoms with Crippen molar-refractivity contribution in [2.45, 2.75) is 0 Å². The van der Waals surface area contributed by atoms with Gasteiger partial charge in [0, 0.05) is 27.3 Å². The van der Waals surface area contributed by atoms with E-state index in [9.17, 15) is 0 Å². The van der Waals surface area contributed by atoms with Gasteiger partial charge in [-0.3, -0.25) is 0 Å². The molecule has 3 heterocycles. The number of para-hydroxylation sites is 3. The van der Waals surface area contributed by atoms with E-state index in [-0.39, 0.29) is 38.7 Å². The zero-order valence-electron chi connectivity index (χ0n) is 26.1. The van der Waals surface area contributed by atoms with Crippen molar-refractivity contribution in [2.24, 2.45) is 0 Å². The summed E-state index contributed by atoms with van der Waals surface area (Å²) in [5.41, 5.74) is 6.90. The summed E-state index contributed by atoms with van der Waals surface area (Å²) in [6.07, 6.45) is 0. The number of benzene rings is 6. The van der Waals surface area contributed by atoms with Crippen LogP contribution in [0.4, 0.5) is 0 Å². The van der Waals surface area contributed by atoms with Gasteiger partial charge in [0.25, 0.3) is 0 Å². The molecule has 0 amide bonds. The van der Waals surface area contributed by atoms with Crippen LogP contribution in [-0.2, 0) is 0 Å². The fourth-order valence-corrected chi connectivity index (χ4v) is 6.79. The molecule has 10 heteroatoms. The van der Waals surface area contributed by atoms with Crippen molar-refractivity contribution in [1.29, 1.82) is 0 Å². The third-order valence-corrected chi connectivity index (χ3v) is 9.15. The van der Waals surface area contributed by atoms with Gasteiger partial charge in [0.1, 0.15) is 50.4 Å². The first-order valence-electron chi connectivity index (χ1n) is 15.7. The molecular weight excluding hydrogens is 595 g/mol. The van der Waals surface area contributed by atoms with Crippen LogP contribution >= 0.6 is 0 Å². The van der Waals surface area contributed by atoms with Gasteiger partial charge >= 0.3 is 0 Å². The molecule has 216 valence electrons. The Morgan fingerprint density at radius 1 is 0.469 bits per heavy atom. The van der Waals surface area contributed by atoms with Crippen molar-refractivity contribution in [3.05, 3.63) is 115 Å². The Balaban J connectivity index is 1.33. The molecule has 3 aromatic heterocycles. The molecule has 0 N–H and O–H groups in total. The molecule has 0 atom stereocenters. The molecule has 6 aromatic carbocycles. The Morgan fingerprint density at radius 3 is 1.71 bits per heavy atom. The van der Waals surface area contributed by atoms with Gasteiger partial charge in [-0.25, -0.2) is 15.0 Å². The highest BCUT2D eigenvalue weighted by molar-refractivity contribution is 6.68. The van der Waals surface area contributed by atoms with Crippen molar-refractivity contribution in [2.75, 3.05) is 0 Å². The molecule has 0 spiro atoms. The lowest BCUT2D eigenvalue weighted by Crippen LogP contribution is -2.55. The van der Waals surface area contributed by atoms with E-state index in [1.165, 1.54) is 10.8 Å². The van der Waals surface area contributed by atoms with Crippen LogP contribution in [0.15, 0.2) is 120 Å². The van der Waals surface area contributed by atoms with E-state index in [0.29, 0.717) is 22.8 Å². The Kier molecular flexibility index (Phi) is 6.70. The Hall–Kier alpha value is -5.75. The zero-order valence-corrected chi connectivity index (χ0v) is 26.1. The number of hydrogen-bond donors (Lipinski definition) is 0. The maximum absolute atomic E-state index is 6.67. The first kappa shape index (κ1) is 29.4. The summed E-state index contributed by atoms with van der Waals surface area (Å²) in [6.45, 7) is 0. The molecule has 0 aliphatic heterocycles. The second kappa shape index (κ2) is 11.2. The molecule has 0 bridgehead atoms. The van der Waals surface area contributed by atoms with Crippen molar-refractivity contribution in [1.82, 2.24) is 19.5 Å². The molecule has 0 saturated heterocycles. The molecule has 5 nitrogen and oxygen atoms in total. The van der Waals surface area contributed by atoms with Crippen LogP contribution in [0.2, 0.25) is 0 Å². The topological polar surface area (TPSA) is 56.7 Å². The van der Waals surface area contributed by atoms with Crippen molar-refractivity contribution < 1.29 is 4.42 Å².